The van der Waals surface area contributed by atoms with E-state index in [0.29, 0.717) is 23.9 Å². The maximum Gasteiger partial charge on any atom is 0.244 e. The predicted octanol–water partition coefficient (Wildman–Crippen LogP) is 2.69. The lowest BCUT2D eigenvalue weighted by Gasteiger charge is -2.00. The zero-order valence-electron chi connectivity index (χ0n) is 10.7. The van der Waals surface area contributed by atoms with E-state index in [4.69, 9.17) is 16.7 Å². The van der Waals surface area contributed by atoms with Gasteiger partial charge in [-0.15, -0.1) is 24.1 Å². The molecule has 2 N–H and O–H groups in total. The van der Waals surface area contributed by atoms with Crippen molar-refractivity contribution in [3.8, 4) is 12.3 Å². The Morgan fingerprint density at radius 2 is 2.37 bits per heavy atom. The summed E-state index contributed by atoms with van der Waals surface area (Å²) in [5.74, 6) is 4.16. The second-order valence-corrected chi connectivity index (χ2v) is 5.22. The molecule has 1 aromatic heterocycles. The Morgan fingerprint density at radius 1 is 1.53 bits per heavy atom. The van der Waals surface area contributed by atoms with Crippen LogP contribution >= 0.6 is 11.8 Å². The lowest BCUT2D eigenvalue weighted by atomic mass is 10.2. The van der Waals surface area contributed by atoms with Crippen molar-refractivity contribution in [3.63, 3.8) is 0 Å². The van der Waals surface area contributed by atoms with Gasteiger partial charge in [-0.25, -0.2) is 0 Å². The average molecular weight is 273 g/mol. The number of nitrogens with zero attached hydrogens (tertiary/aromatic N) is 2. The molecule has 0 fully saturated rings. The van der Waals surface area contributed by atoms with E-state index in [2.05, 4.69) is 41.2 Å². The monoisotopic (exact) mass is 273 g/mol. The summed E-state index contributed by atoms with van der Waals surface area (Å²) in [6.45, 7) is 2.06. The quantitative estimate of drug-likeness (QED) is 0.670. The first-order valence-electron chi connectivity index (χ1n) is 5.90. The van der Waals surface area contributed by atoms with Crippen molar-refractivity contribution < 1.29 is 4.52 Å². The highest BCUT2D eigenvalue weighted by Gasteiger charge is 2.13. The molecule has 4 nitrogen and oxygen atoms in total. The molecule has 2 rings (SSSR count). The van der Waals surface area contributed by atoms with Crippen LogP contribution in [0.2, 0.25) is 0 Å². The molecule has 1 atom stereocenters. The predicted molar refractivity (Wildman–Crippen MR) is 75.4 cm³/mol. The van der Waals surface area contributed by atoms with Crippen molar-refractivity contribution in [2.24, 2.45) is 5.73 Å². The van der Waals surface area contributed by atoms with Gasteiger partial charge in [-0.3, -0.25) is 0 Å². The van der Waals surface area contributed by atoms with E-state index in [1.807, 2.05) is 6.07 Å². The van der Waals surface area contributed by atoms with Gasteiger partial charge in [0.15, 0.2) is 5.82 Å². The fourth-order valence-electron chi connectivity index (χ4n) is 1.54. The van der Waals surface area contributed by atoms with Gasteiger partial charge in [0.1, 0.15) is 0 Å². The van der Waals surface area contributed by atoms with E-state index in [0.717, 1.165) is 0 Å². The van der Waals surface area contributed by atoms with Gasteiger partial charge in [-0.2, -0.15) is 4.98 Å². The first-order chi connectivity index (χ1) is 9.19. The molecule has 1 unspecified atom stereocenters. The first-order valence-corrected chi connectivity index (χ1v) is 6.88. The number of thioether (sulfide) groups is 1. The Balaban J connectivity index is 1.95. The Bertz CT molecular complexity index is 588. The van der Waals surface area contributed by atoms with Gasteiger partial charge in [-0.05, 0) is 19.1 Å². The molecule has 0 aliphatic rings. The van der Waals surface area contributed by atoms with E-state index in [1.54, 1.807) is 11.8 Å². The molecule has 0 amide bonds. The van der Waals surface area contributed by atoms with E-state index in [9.17, 15) is 0 Å². The molecule has 1 aromatic carbocycles. The Kier molecular flexibility index (Phi) is 4.61. The molecule has 0 saturated carbocycles. The van der Waals surface area contributed by atoms with Crippen molar-refractivity contribution in [1.29, 1.82) is 0 Å². The lowest BCUT2D eigenvalue weighted by molar-refractivity contribution is 0.353. The minimum absolute atomic E-state index is 0.379. The standard InChI is InChI=1S/C14H15N3OS/c1-3-5-12(15)14-16-13(17-18-14)9-19-11-7-4-6-10(2)8-11/h1,4,6-8,12H,5,9,15H2,2H3. The summed E-state index contributed by atoms with van der Waals surface area (Å²) in [5.41, 5.74) is 7.03. The summed E-state index contributed by atoms with van der Waals surface area (Å²) in [4.78, 5) is 5.43. The molecule has 2 aromatic rings. The normalized spacial score (nSPS) is 12.1. The van der Waals surface area contributed by atoms with E-state index in [-0.39, 0.29) is 6.04 Å². The second kappa shape index (κ2) is 6.41. The van der Waals surface area contributed by atoms with Crippen LogP contribution < -0.4 is 5.73 Å². The van der Waals surface area contributed by atoms with Crippen molar-refractivity contribution >= 4 is 11.8 Å². The van der Waals surface area contributed by atoms with Gasteiger partial charge >= 0.3 is 0 Å². The maximum atomic E-state index is 5.80. The van der Waals surface area contributed by atoms with E-state index < -0.39 is 0 Å². The molecule has 0 spiro atoms. The zero-order valence-corrected chi connectivity index (χ0v) is 11.5. The van der Waals surface area contributed by atoms with Crippen molar-refractivity contribution in [3.05, 3.63) is 41.5 Å². The van der Waals surface area contributed by atoms with Crippen LogP contribution in [0.5, 0.6) is 0 Å². The van der Waals surface area contributed by atoms with Crippen LogP contribution in [0.4, 0.5) is 0 Å². The molecule has 19 heavy (non-hydrogen) atoms. The van der Waals surface area contributed by atoms with Crippen LogP contribution in [0, 0.1) is 19.3 Å². The molecular weight excluding hydrogens is 258 g/mol. The molecule has 0 radical (unpaired) electrons. The topological polar surface area (TPSA) is 64.9 Å². The number of nitrogens with two attached hydrogens (primary N) is 1. The summed E-state index contributed by atoms with van der Waals surface area (Å²) < 4.78 is 5.10. The highest BCUT2D eigenvalue weighted by molar-refractivity contribution is 7.98. The molecule has 0 aliphatic heterocycles. The minimum atomic E-state index is -0.379. The zero-order chi connectivity index (χ0) is 13.7. The second-order valence-electron chi connectivity index (χ2n) is 4.17. The van der Waals surface area contributed by atoms with Gasteiger partial charge < -0.3 is 10.3 Å². The maximum absolute atomic E-state index is 5.80. The molecular formula is C14H15N3OS. The number of terminal acetylenes is 1. The van der Waals surface area contributed by atoms with Crippen molar-refractivity contribution in [2.75, 3.05) is 0 Å². The number of aryl methyl sites for hydroxylation is 1. The van der Waals surface area contributed by atoms with Crippen LogP contribution in [0.1, 0.15) is 29.7 Å². The third-order valence-electron chi connectivity index (χ3n) is 2.50. The minimum Gasteiger partial charge on any atom is -0.338 e. The number of hydrogen-bond donors (Lipinski definition) is 1. The molecule has 98 valence electrons. The van der Waals surface area contributed by atoms with Crippen LogP contribution in [0.3, 0.4) is 0 Å². The number of aromatic nitrogens is 2. The van der Waals surface area contributed by atoms with Gasteiger partial charge in [0, 0.05) is 11.3 Å². The van der Waals surface area contributed by atoms with Gasteiger partial charge in [0.25, 0.3) is 0 Å². The number of rotatable bonds is 5. The number of hydrogen-bond acceptors (Lipinski definition) is 5. The highest BCUT2D eigenvalue weighted by atomic mass is 32.2. The van der Waals surface area contributed by atoms with Crippen molar-refractivity contribution in [2.45, 2.75) is 30.0 Å². The van der Waals surface area contributed by atoms with Gasteiger partial charge in [0.05, 0.1) is 11.8 Å². The van der Waals surface area contributed by atoms with Crippen LogP contribution in [0.15, 0.2) is 33.7 Å². The SMILES string of the molecule is C#CCC(N)c1nc(CSc2cccc(C)c2)no1. The van der Waals surface area contributed by atoms with Crippen molar-refractivity contribution in [1.82, 2.24) is 10.1 Å². The fraction of sp³-hybridized carbons (Fsp3) is 0.286. The molecule has 1 heterocycles. The molecule has 5 heteroatoms. The first kappa shape index (κ1) is 13.7. The third-order valence-corrected chi connectivity index (χ3v) is 3.49. The van der Waals surface area contributed by atoms with E-state index >= 15 is 0 Å². The Hall–Kier alpha value is -1.77. The fourth-order valence-corrected chi connectivity index (χ4v) is 2.40. The Labute approximate surface area is 116 Å². The number of benzene rings is 1. The van der Waals surface area contributed by atoms with E-state index in [1.165, 1.54) is 10.5 Å². The van der Waals surface area contributed by atoms with Gasteiger partial charge in [0.2, 0.25) is 5.89 Å². The van der Waals surface area contributed by atoms with Crippen LogP contribution in [0.25, 0.3) is 0 Å². The highest BCUT2D eigenvalue weighted by Crippen LogP contribution is 2.23. The largest absolute Gasteiger partial charge is 0.338 e. The summed E-state index contributed by atoms with van der Waals surface area (Å²) in [6.07, 6.45) is 5.59. The summed E-state index contributed by atoms with van der Waals surface area (Å²) >= 11 is 1.66. The third kappa shape index (κ3) is 3.85. The average Bonchev–Trinajstić information content (AvgIpc) is 2.86. The smallest absolute Gasteiger partial charge is 0.244 e. The molecule has 0 bridgehead atoms. The molecule has 0 aliphatic carbocycles. The lowest BCUT2D eigenvalue weighted by Crippen LogP contribution is -2.09. The molecule has 0 saturated heterocycles. The summed E-state index contributed by atoms with van der Waals surface area (Å²) in [7, 11) is 0. The van der Waals surface area contributed by atoms with Crippen LogP contribution in [-0.4, -0.2) is 10.1 Å². The summed E-state index contributed by atoms with van der Waals surface area (Å²) in [6, 6.07) is 7.89. The Morgan fingerprint density at radius 3 is 3.11 bits per heavy atom. The van der Waals surface area contributed by atoms with Crippen LogP contribution in [-0.2, 0) is 5.75 Å². The summed E-state index contributed by atoms with van der Waals surface area (Å²) in [5, 5.41) is 3.90. The van der Waals surface area contributed by atoms with Gasteiger partial charge in [-0.1, -0.05) is 22.9 Å².